The quantitative estimate of drug-likeness (QED) is 0.756. The summed E-state index contributed by atoms with van der Waals surface area (Å²) in [4.78, 5) is 13.0. The molecular formula is C11H16N2O2S. The molecule has 1 aliphatic heterocycles. The van der Waals surface area contributed by atoms with Crippen LogP contribution in [-0.2, 0) is 11.2 Å². The smallest absolute Gasteiger partial charge is 0.179 e. The molecule has 0 aliphatic carbocycles. The summed E-state index contributed by atoms with van der Waals surface area (Å²) < 4.78 is 9.16. The van der Waals surface area contributed by atoms with Crippen molar-refractivity contribution in [2.24, 2.45) is 5.92 Å². The Morgan fingerprint density at radius 2 is 2.25 bits per heavy atom. The summed E-state index contributed by atoms with van der Waals surface area (Å²) in [6.45, 7) is 3.49. The maximum absolute atomic E-state index is 12.2. The first kappa shape index (κ1) is 11.7. The van der Waals surface area contributed by atoms with E-state index in [1.54, 1.807) is 0 Å². The van der Waals surface area contributed by atoms with Crippen molar-refractivity contribution in [3.8, 4) is 0 Å². The van der Waals surface area contributed by atoms with Crippen LogP contribution < -0.4 is 0 Å². The van der Waals surface area contributed by atoms with E-state index in [-0.39, 0.29) is 11.7 Å². The van der Waals surface area contributed by atoms with Crippen molar-refractivity contribution in [2.45, 2.75) is 32.6 Å². The van der Waals surface area contributed by atoms with Gasteiger partial charge in [0, 0.05) is 19.1 Å². The Morgan fingerprint density at radius 1 is 1.50 bits per heavy atom. The number of carbonyl (C=O) groups is 1. The van der Waals surface area contributed by atoms with Crippen molar-refractivity contribution in [2.75, 3.05) is 13.2 Å². The monoisotopic (exact) mass is 240 g/mol. The molecule has 2 rings (SSSR count). The van der Waals surface area contributed by atoms with Crippen molar-refractivity contribution in [3.63, 3.8) is 0 Å². The SMILES string of the molecule is CCCc1nnsc1C(=O)C1CCOCC1. The van der Waals surface area contributed by atoms with Gasteiger partial charge in [-0.2, -0.15) is 0 Å². The van der Waals surface area contributed by atoms with E-state index in [1.165, 1.54) is 11.5 Å². The van der Waals surface area contributed by atoms with Gasteiger partial charge in [0.25, 0.3) is 0 Å². The number of hydrogen-bond acceptors (Lipinski definition) is 5. The summed E-state index contributed by atoms with van der Waals surface area (Å²) in [5, 5.41) is 4.04. The van der Waals surface area contributed by atoms with E-state index in [0.717, 1.165) is 36.3 Å². The van der Waals surface area contributed by atoms with Crippen LogP contribution in [0.15, 0.2) is 0 Å². The number of aromatic nitrogens is 2. The van der Waals surface area contributed by atoms with Crippen molar-refractivity contribution >= 4 is 17.3 Å². The van der Waals surface area contributed by atoms with E-state index in [0.29, 0.717) is 13.2 Å². The molecule has 0 spiro atoms. The van der Waals surface area contributed by atoms with Crippen LogP contribution in [0.1, 0.15) is 41.6 Å². The Kier molecular flexibility index (Phi) is 4.01. The fourth-order valence-electron chi connectivity index (χ4n) is 1.94. The maximum Gasteiger partial charge on any atom is 0.179 e. The molecule has 0 radical (unpaired) electrons. The summed E-state index contributed by atoms with van der Waals surface area (Å²) in [7, 11) is 0. The Balaban J connectivity index is 2.09. The van der Waals surface area contributed by atoms with Crippen LogP contribution in [0.25, 0.3) is 0 Å². The van der Waals surface area contributed by atoms with Crippen molar-refractivity contribution < 1.29 is 9.53 Å². The fourth-order valence-corrected chi connectivity index (χ4v) is 2.67. The van der Waals surface area contributed by atoms with E-state index in [2.05, 4.69) is 16.5 Å². The molecule has 1 fully saturated rings. The minimum Gasteiger partial charge on any atom is -0.381 e. The van der Waals surface area contributed by atoms with Crippen LogP contribution >= 0.6 is 11.5 Å². The van der Waals surface area contributed by atoms with E-state index >= 15 is 0 Å². The van der Waals surface area contributed by atoms with Crippen LogP contribution in [0.4, 0.5) is 0 Å². The minimum atomic E-state index is 0.117. The molecule has 1 saturated heterocycles. The van der Waals surface area contributed by atoms with Crippen LogP contribution in [0.3, 0.4) is 0 Å². The Morgan fingerprint density at radius 3 is 2.94 bits per heavy atom. The molecule has 1 aliphatic rings. The molecule has 0 N–H and O–H groups in total. The number of aryl methyl sites for hydroxylation is 1. The number of ketones is 1. The topological polar surface area (TPSA) is 52.1 Å². The Bertz CT molecular complexity index is 359. The Labute approximate surface area is 99.2 Å². The van der Waals surface area contributed by atoms with Gasteiger partial charge < -0.3 is 4.74 Å². The minimum absolute atomic E-state index is 0.117. The van der Waals surface area contributed by atoms with Gasteiger partial charge in [-0.3, -0.25) is 4.79 Å². The third kappa shape index (κ3) is 2.47. The molecule has 1 aromatic rings. The van der Waals surface area contributed by atoms with Gasteiger partial charge in [-0.15, -0.1) is 5.10 Å². The zero-order valence-electron chi connectivity index (χ0n) is 9.44. The molecule has 5 heteroatoms. The second-order valence-corrected chi connectivity index (χ2v) is 4.80. The van der Waals surface area contributed by atoms with E-state index in [4.69, 9.17) is 4.74 Å². The van der Waals surface area contributed by atoms with Gasteiger partial charge in [-0.1, -0.05) is 17.8 Å². The van der Waals surface area contributed by atoms with Gasteiger partial charge in [0.05, 0.1) is 5.69 Å². The van der Waals surface area contributed by atoms with Crippen molar-refractivity contribution in [3.05, 3.63) is 10.6 Å². The molecule has 0 atom stereocenters. The standard InChI is InChI=1S/C11H16N2O2S/c1-2-3-9-11(16-13-12-9)10(14)8-4-6-15-7-5-8/h8H,2-7H2,1H3. The molecule has 0 bridgehead atoms. The van der Waals surface area contributed by atoms with Crippen molar-refractivity contribution in [1.29, 1.82) is 0 Å². The maximum atomic E-state index is 12.2. The molecule has 88 valence electrons. The molecule has 16 heavy (non-hydrogen) atoms. The highest BCUT2D eigenvalue weighted by Gasteiger charge is 2.26. The summed E-state index contributed by atoms with van der Waals surface area (Å²) in [6.07, 6.45) is 3.52. The van der Waals surface area contributed by atoms with Gasteiger partial charge in [-0.25, -0.2) is 0 Å². The van der Waals surface area contributed by atoms with E-state index in [9.17, 15) is 4.79 Å². The molecule has 0 unspecified atom stereocenters. The number of nitrogens with zero attached hydrogens (tertiary/aromatic N) is 2. The average Bonchev–Trinajstić information content (AvgIpc) is 2.78. The number of rotatable bonds is 4. The molecule has 0 saturated carbocycles. The molecule has 0 amide bonds. The summed E-state index contributed by atoms with van der Waals surface area (Å²) in [5.74, 6) is 0.341. The number of carbonyl (C=O) groups excluding carboxylic acids is 1. The third-order valence-corrected chi connectivity index (χ3v) is 3.64. The molecular weight excluding hydrogens is 224 g/mol. The average molecular weight is 240 g/mol. The summed E-state index contributed by atoms with van der Waals surface area (Å²) in [5.41, 5.74) is 0.879. The number of ether oxygens (including phenoxy) is 1. The molecule has 4 nitrogen and oxygen atoms in total. The van der Waals surface area contributed by atoms with Gasteiger partial charge in [0.2, 0.25) is 0 Å². The first-order valence-electron chi connectivity index (χ1n) is 5.76. The van der Waals surface area contributed by atoms with E-state index in [1.807, 2.05) is 0 Å². The lowest BCUT2D eigenvalue weighted by atomic mass is 9.93. The predicted molar refractivity (Wildman–Crippen MR) is 61.8 cm³/mol. The molecule has 2 heterocycles. The van der Waals surface area contributed by atoms with Crippen LogP contribution in [-0.4, -0.2) is 28.6 Å². The second kappa shape index (κ2) is 5.50. The van der Waals surface area contributed by atoms with Gasteiger partial charge in [-0.05, 0) is 30.8 Å². The van der Waals surface area contributed by atoms with Crippen LogP contribution in [0.2, 0.25) is 0 Å². The highest BCUT2D eigenvalue weighted by molar-refractivity contribution is 7.08. The van der Waals surface area contributed by atoms with Gasteiger partial charge in [0.15, 0.2) is 5.78 Å². The zero-order chi connectivity index (χ0) is 11.4. The summed E-state index contributed by atoms with van der Waals surface area (Å²) >= 11 is 1.24. The highest BCUT2D eigenvalue weighted by Crippen LogP contribution is 2.23. The lowest BCUT2D eigenvalue weighted by Gasteiger charge is -2.20. The third-order valence-electron chi connectivity index (χ3n) is 2.86. The number of hydrogen-bond donors (Lipinski definition) is 0. The molecule has 1 aromatic heterocycles. The fraction of sp³-hybridized carbons (Fsp3) is 0.727. The van der Waals surface area contributed by atoms with Gasteiger partial charge in [0.1, 0.15) is 4.88 Å². The summed E-state index contributed by atoms with van der Waals surface area (Å²) in [6, 6.07) is 0. The lowest BCUT2D eigenvalue weighted by molar-refractivity contribution is 0.0547. The first-order valence-corrected chi connectivity index (χ1v) is 6.53. The zero-order valence-corrected chi connectivity index (χ0v) is 10.3. The largest absolute Gasteiger partial charge is 0.381 e. The second-order valence-electron chi connectivity index (χ2n) is 4.05. The van der Waals surface area contributed by atoms with Crippen LogP contribution in [0.5, 0.6) is 0 Å². The lowest BCUT2D eigenvalue weighted by Crippen LogP contribution is -2.23. The van der Waals surface area contributed by atoms with Crippen LogP contribution in [0, 0.1) is 5.92 Å². The Hall–Kier alpha value is -0.810. The molecule has 0 aromatic carbocycles. The predicted octanol–water partition coefficient (Wildman–Crippen LogP) is 2.10. The van der Waals surface area contributed by atoms with E-state index < -0.39 is 0 Å². The number of Topliss-reactive ketones (excluding diaryl/α,β-unsaturated/α-hetero) is 1. The van der Waals surface area contributed by atoms with Crippen molar-refractivity contribution in [1.82, 2.24) is 9.59 Å². The normalized spacial score (nSPS) is 17.6. The highest BCUT2D eigenvalue weighted by atomic mass is 32.1. The first-order chi connectivity index (χ1) is 7.83. The van der Waals surface area contributed by atoms with Gasteiger partial charge >= 0.3 is 0 Å².